The molecule has 3 atom stereocenters. The van der Waals surface area contributed by atoms with Gasteiger partial charge in [0, 0.05) is 17.7 Å². The molecule has 1 fully saturated rings. The van der Waals surface area contributed by atoms with E-state index in [-0.39, 0.29) is 18.5 Å². The number of likely N-dealkylation sites (tertiary alicyclic amines) is 1. The molecule has 7 heteroatoms. The highest BCUT2D eigenvalue weighted by atomic mass is 16.2. The van der Waals surface area contributed by atoms with Crippen LogP contribution in [0.3, 0.4) is 0 Å². The summed E-state index contributed by atoms with van der Waals surface area (Å²) in [4.78, 5) is 18.3. The monoisotopic (exact) mass is 403 g/mol. The van der Waals surface area contributed by atoms with Crippen molar-refractivity contribution in [2.24, 2.45) is 0 Å². The topological polar surface area (TPSA) is 68.3 Å². The molecule has 5 rings (SSSR count). The van der Waals surface area contributed by atoms with Crippen molar-refractivity contribution in [3.63, 3.8) is 0 Å². The predicted molar refractivity (Wildman–Crippen MR) is 114 cm³/mol. The van der Waals surface area contributed by atoms with Crippen LogP contribution in [0.2, 0.25) is 0 Å². The van der Waals surface area contributed by atoms with Gasteiger partial charge in [0.25, 0.3) is 5.91 Å². The molecular formula is C23H27N6O+. The van der Waals surface area contributed by atoms with Gasteiger partial charge in [-0.3, -0.25) is 4.79 Å². The van der Waals surface area contributed by atoms with Gasteiger partial charge in [0.15, 0.2) is 0 Å². The van der Waals surface area contributed by atoms with Crippen LogP contribution in [0, 0.1) is 13.8 Å². The zero-order valence-electron chi connectivity index (χ0n) is 17.7. The number of carbonyl (C=O) groups is 1. The molecule has 1 N–H and O–H groups in total. The van der Waals surface area contributed by atoms with E-state index >= 15 is 0 Å². The van der Waals surface area contributed by atoms with Crippen LogP contribution in [-0.4, -0.2) is 52.3 Å². The molecule has 3 aromatic rings. The van der Waals surface area contributed by atoms with E-state index in [4.69, 9.17) is 0 Å². The first-order valence-corrected chi connectivity index (χ1v) is 10.6. The summed E-state index contributed by atoms with van der Waals surface area (Å²) in [5.74, 6) is 0.963. The standard InChI is InChI=1S/C23H26N6O/c1-15-4-7-17(8-5-15)23-24-26-28(25-23)14-22(30)29-20-9-6-16(2)12-18(20)19-13-27(3)11-10-21(19)29/h4-9,12,19,21H,10-11,13-14H2,1-3H3/p+1/t19-,21+/m1/s1. The van der Waals surface area contributed by atoms with E-state index < -0.39 is 0 Å². The Morgan fingerprint density at radius 2 is 1.90 bits per heavy atom. The summed E-state index contributed by atoms with van der Waals surface area (Å²) in [5.41, 5.74) is 5.68. The van der Waals surface area contributed by atoms with E-state index in [2.05, 4.69) is 47.6 Å². The highest BCUT2D eigenvalue weighted by Crippen LogP contribution is 2.43. The van der Waals surface area contributed by atoms with Crippen molar-refractivity contribution in [2.75, 3.05) is 25.0 Å². The van der Waals surface area contributed by atoms with Gasteiger partial charge in [0.05, 0.1) is 32.1 Å². The number of hydrogen-bond acceptors (Lipinski definition) is 4. The molecule has 3 heterocycles. The summed E-state index contributed by atoms with van der Waals surface area (Å²) >= 11 is 0. The summed E-state index contributed by atoms with van der Waals surface area (Å²) in [6.45, 7) is 6.39. The molecule has 2 aliphatic rings. The van der Waals surface area contributed by atoms with E-state index in [1.807, 2.05) is 36.1 Å². The lowest BCUT2D eigenvalue weighted by atomic mass is 9.89. The Morgan fingerprint density at radius 1 is 1.13 bits per heavy atom. The van der Waals surface area contributed by atoms with Crippen molar-refractivity contribution >= 4 is 11.6 Å². The lowest BCUT2D eigenvalue weighted by Crippen LogP contribution is -3.11. The van der Waals surface area contributed by atoms with Crippen molar-refractivity contribution in [1.29, 1.82) is 0 Å². The maximum Gasteiger partial charge on any atom is 0.250 e. The van der Waals surface area contributed by atoms with Crippen LogP contribution >= 0.6 is 0 Å². The van der Waals surface area contributed by atoms with Gasteiger partial charge in [-0.1, -0.05) is 47.5 Å². The number of tetrazole rings is 1. The molecule has 2 aliphatic heterocycles. The van der Waals surface area contributed by atoms with Crippen LogP contribution in [0.4, 0.5) is 5.69 Å². The zero-order chi connectivity index (χ0) is 20.8. The van der Waals surface area contributed by atoms with Gasteiger partial charge in [-0.25, -0.2) is 0 Å². The molecule has 0 spiro atoms. The highest BCUT2D eigenvalue weighted by molar-refractivity contribution is 5.96. The molecule has 0 saturated carbocycles. The predicted octanol–water partition coefficient (Wildman–Crippen LogP) is 1.37. The van der Waals surface area contributed by atoms with E-state index in [0.29, 0.717) is 11.7 Å². The summed E-state index contributed by atoms with van der Waals surface area (Å²) in [6.07, 6.45) is 1.01. The number of rotatable bonds is 3. The maximum atomic E-state index is 13.4. The van der Waals surface area contributed by atoms with Crippen LogP contribution in [0.15, 0.2) is 42.5 Å². The van der Waals surface area contributed by atoms with E-state index in [9.17, 15) is 4.79 Å². The van der Waals surface area contributed by atoms with Gasteiger partial charge in [0.1, 0.15) is 6.54 Å². The minimum absolute atomic E-state index is 0.0278. The lowest BCUT2D eigenvalue weighted by molar-refractivity contribution is -0.886. The van der Waals surface area contributed by atoms with Crippen molar-refractivity contribution in [3.8, 4) is 11.4 Å². The van der Waals surface area contributed by atoms with Gasteiger partial charge in [0.2, 0.25) is 5.82 Å². The number of aromatic nitrogens is 4. The molecule has 0 radical (unpaired) electrons. The number of nitrogens with one attached hydrogen (secondary N) is 1. The Balaban J connectivity index is 1.40. The average molecular weight is 404 g/mol. The third kappa shape index (κ3) is 3.29. The largest absolute Gasteiger partial charge is 0.337 e. The highest BCUT2D eigenvalue weighted by Gasteiger charge is 2.45. The molecular weight excluding hydrogens is 376 g/mol. The number of amides is 1. The van der Waals surface area contributed by atoms with E-state index in [1.165, 1.54) is 26.4 Å². The average Bonchev–Trinajstić information content (AvgIpc) is 3.31. The number of anilines is 1. The van der Waals surface area contributed by atoms with Crippen LogP contribution in [0.1, 0.15) is 29.0 Å². The molecule has 30 heavy (non-hydrogen) atoms. The van der Waals surface area contributed by atoms with Crippen LogP contribution in [0.25, 0.3) is 11.4 Å². The first-order valence-electron chi connectivity index (χ1n) is 10.6. The second-order valence-electron chi connectivity index (χ2n) is 8.71. The van der Waals surface area contributed by atoms with Gasteiger partial charge >= 0.3 is 0 Å². The number of fused-ring (bicyclic) bond motifs is 3. The van der Waals surface area contributed by atoms with E-state index in [1.54, 1.807) is 0 Å². The number of piperidine rings is 1. The second kappa shape index (κ2) is 7.32. The molecule has 1 aromatic heterocycles. The van der Waals surface area contributed by atoms with Gasteiger partial charge in [-0.15, -0.1) is 10.2 Å². The van der Waals surface area contributed by atoms with Gasteiger partial charge in [-0.2, -0.15) is 4.80 Å². The number of hydrogen-bond donors (Lipinski definition) is 1. The number of quaternary nitrogens is 1. The summed E-state index contributed by atoms with van der Waals surface area (Å²) in [7, 11) is 2.24. The minimum atomic E-state index is 0.0278. The molecule has 7 nitrogen and oxygen atoms in total. The van der Waals surface area contributed by atoms with Crippen molar-refractivity contribution < 1.29 is 9.69 Å². The lowest BCUT2D eigenvalue weighted by Gasteiger charge is -2.34. The number of aryl methyl sites for hydroxylation is 2. The molecule has 1 unspecified atom stereocenters. The summed E-state index contributed by atoms with van der Waals surface area (Å²) < 4.78 is 0. The number of benzene rings is 2. The minimum Gasteiger partial charge on any atom is -0.337 e. The van der Waals surface area contributed by atoms with Crippen molar-refractivity contribution in [3.05, 3.63) is 59.2 Å². The Hall–Kier alpha value is -3.06. The quantitative estimate of drug-likeness (QED) is 0.717. The van der Waals surface area contributed by atoms with Gasteiger partial charge in [-0.05, 0) is 30.7 Å². The SMILES string of the molecule is Cc1ccc(-c2nnn(CC(=O)N3c4ccc(C)cc4[C@H]4C[NH+](C)CC[C@@H]43)n2)cc1. The number of nitrogens with zero attached hydrogens (tertiary/aromatic N) is 5. The van der Waals surface area contributed by atoms with Crippen LogP contribution < -0.4 is 9.80 Å². The Morgan fingerprint density at radius 3 is 2.70 bits per heavy atom. The Labute approximate surface area is 176 Å². The maximum absolute atomic E-state index is 13.4. The Kier molecular flexibility index (Phi) is 4.62. The molecule has 154 valence electrons. The first-order chi connectivity index (χ1) is 14.5. The third-order valence-electron chi connectivity index (χ3n) is 6.38. The third-order valence-corrected chi connectivity index (χ3v) is 6.38. The fraction of sp³-hybridized carbons (Fsp3) is 0.391. The molecule has 2 aromatic carbocycles. The normalized spacial score (nSPS) is 22.6. The van der Waals surface area contributed by atoms with E-state index in [0.717, 1.165) is 30.8 Å². The van der Waals surface area contributed by atoms with Crippen LogP contribution in [0.5, 0.6) is 0 Å². The molecule has 1 saturated heterocycles. The summed E-state index contributed by atoms with van der Waals surface area (Å²) in [6, 6.07) is 14.7. The van der Waals surface area contributed by atoms with Crippen LogP contribution in [-0.2, 0) is 11.3 Å². The number of likely N-dealkylation sites (N-methyl/N-ethyl adjacent to an activating group) is 1. The first kappa shape index (κ1) is 18.9. The summed E-state index contributed by atoms with van der Waals surface area (Å²) in [5, 5.41) is 12.7. The smallest absolute Gasteiger partial charge is 0.250 e. The molecule has 0 aliphatic carbocycles. The molecule has 1 amide bonds. The van der Waals surface area contributed by atoms with Gasteiger partial charge < -0.3 is 9.80 Å². The molecule has 0 bridgehead atoms. The Bertz CT molecular complexity index is 1090. The number of carbonyl (C=O) groups excluding carboxylic acids is 1. The fourth-order valence-electron chi connectivity index (χ4n) is 4.85. The van der Waals surface area contributed by atoms with Crippen molar-refractivity contribution in [1.82, 2.24) is 20.2 Å². The zero-order valence-corrected chi connectivity index (χ0v) is 17.7. The second-order valence-corrected chi connectivity index (χ2v) is 8.71. The van der Waals surface area contributed by atoms with Crippen molar-refractivity contribution in [2.45, 2.75) is 38.8 Å². The fourth-order valence-corrected chi connectivity index (χ4v) is 4.85.